The van der Waals surface area contributed by atoms with Gasteiger partial charge in [-0.2, -0.15) is 0 Å². The summed E-state index contributed by atoms with van der Waals surface area (Å²) in [5.41, 5.74) is 0. The summed E-state index contributed by atoms with van der Waals surface area (Å²) < 4.78 is 0. The Labute approximate surface area is 74.1 Å². The lowest BCUT2D eigenvalue weighted by Gasteiger charge is -1.87. The van der Waals surface area contributed by atoms with Crippen molar-refractivity contribution in [2.75, 3.05) is 19.6 Å². The Balaban J connectivity index is 0.0000000817. The molecule has 0 aromatic heterocycles. The van der Waals surface area contributed by atoms with Gasteiger partial charge in [-0.15, -0.1) is 0 Å². The molecule has 68 valence electrons. The van der Waals surface area contributed by atoms with Crippen molar-refractivity contribution in [1.29, 1.82) is 0 Å². The number of nitrogens with one attached hydrogen (secondary N) is 2. The average molecular weight is 166 g/mol. The molecule has 12 heavy (non-hydrogen) atoms. The molecule has 4 atom stereocenters. The third-order valence-corrected chi connectivity index (χ3v) is 3.73. The summed E-state index contributed by atoms with van der Waals surface area (Å²) >= 11 is 0. The van der Waals surface area contributed by atoms with Crippen molar-refractivity contribution in [3.63, 3.8) is 0 Å². The molecule has 2 aliphatic carbocycles. The van der Waals surface area contributed by atoms with Crippen LogP contribution in [0.4, 0.5) is 0 Å². The van der Waals surface area contributed by atoms with E-state index in [0.717, 1.165) is 23.8 Å². The fraction of sp³-hybridized carbons (Fsp3) is 1.00. The summed E-state index contributed by atoms with van der Waals surface area (Å²) in [4.78, 5) is 0. The van der Waals surface area contributed by atoms with Gasteiger partial charge >= 0.3 is 0 Å². The lowest BCUT2D eigenvalue weighted by Crippen LogP contribution is -2.10. The second kappa shape index (κ2) is 2.71. The molecule has 4 rings (SSSR count). The smallest absolute Gasteiger partial charge is 0.00996 e. The maximum atomic E-state index is 3.39. The zero-order valence-corrected chi connectivity index (χ0v) is 7.55. The molecule has 0 aromatic rings. The van der Waals surface area contributed by atoms with Gasteiger partial charge in [-0.1, -0.05) is 0 Å². The highest BCUT2D eigenvalue weighted by molar-refractivity contribution is 4.98. The lowest BCUT2D eigenvalue weighted by molar-refractivity contribution is 0.732. The van der Waals surface area contributed by atoms with Crippen LogP contribution in [-0.2, 0) is 0 Å². The average Bonchev–Trinajstić information content (AvgIpc) is 2.95. The van der Waals surface area contributed by atoms with Crippen LogP contribution in [0.1, 0.15) is 19.3 Å². The van der Waals surface area contributed by atoms with Crippen molar-refractivity contribution in [3.05, 3.63) is 0 Å². The number of fused-ring (bicyclic) bond motifs is 2. The van der Waals surface area contributed by atoms with Crippen molar-refractivity contribution in [2.24, 2.45) is 17.8 Å². The Morgan fingerprint density at radius 1 is 0.917 bits per heavy atom. The Morgan fingerprint density at radius 2 is 1.75 bits per heavy atom. The fourth-order valence-electron chi connectivity index (χ4n) is 2.54. The van der Waals surface area contributed by atoms with Gasteiger partial charge in [-0.3, -0.25) is 0 Å². The first kappa shape index (κ1) is 7.34. The van der Waals surface area contributed by atoms with Crippen LogP contribution in [-0.4, -0.2) is 25.7 Å². The predicted molar refractivity (Wildman–Crippen MR) is 49.0 cm³/mol. The molecule has 0 bridgehead atoms. The zero-order valence-electron chi connectivity index (χ0n) is 7.55. The first-order valence-electron chi connectivity index (χ1n) is 5.37. The highest BCUT2D eigenvalue weighted by Gasteiger charge is 2.40. The van der Waals surface area contributed by atoms with Gasteiger partial charge in [0.15, 0.2) is 0 Å². The quantitative estimate of drug-likeness (QED) is 0.550. The molecular formula is C10H18N2. The molecule has 0 spiro atoms. The zero-order chi connectivity index (χ0) is 7.97. The Morgan fingerprint density at radius 3 is 1.92 bits per heavy atom. The minimum atomic E-state index is 0.963. The summed E-state index contributed by atoms with van der Waals surface area (Å²) in [5, 5.41) is 6.72. The van der Waals surface area contributed by atoms with Gasteiger partial charge in [0.05, 0.1) is 0 Å². The predicted octanol–water partition coefficient (Wildman–Crippen LogP) is 0.594. The monoisotopic (exact) mass is 166 g/mol. The van der Waals surface area contributed by atoms with Gasteiger partial charge in [-0.05, 0) is 56.7 Å². The standard InChI is InChI=1S/2C5H9N/c1-4-2-6-3-5(1)4;1-2-6-5-3-4(1)5/h2*4-6H,1-3H2. The number of piperidine rings is 2. The van der Waals surface area contributed by atoms with Gasteiger partial charge in [0.2, 0.25) is 0 Å². The van der Waals surface area contributed by atoms with Crippen LogP contribution in [0.5, 0.6) is 0 Å². The molecule has 2 aliphatic heterocycles. The molecule has 2 heteroatoms. The molecule has 4 aliphatic rings. The SMILES string of the molecule is C1CC2CC2N1.C1NCC2CC12. The molecular weight excluding hydrogens is 148 g/mol. The maximum absolute atomic E-state index is 3.39. The molecule has 2 N–H and O–H groups in total. The summed E-state index contributed by atoms with van der Waals surface area (Å²) in [7, 11) is 0. The molecule has 0 aromatic carbocycles. The van der Waals surface area contributed by atoms with Crippen molar-refractivity contribution < 1.29 is 0 Å². The minimum absolute atomic E-state index is 0.963. The summed E-state index contributed by atoms with van der Waals surface area (Å²) in [6.45, 7) is 3.91. The van der Waals surface area contributed by atoms with Crippen LogP contribution < -0.4 is 10.6 Å². The molecule has 4 unspecified atom stereocenters. The van der Waals surface area contributed by atoms with Crippen LogP contribution >= 0.6 is 0 Å². The Hall–Kier alpha value is -0.0800. The van der Waals surface area contributed by atoms with E-state index in [-0.39, 0.29) is 0 Å². The summed E-state index contributed by atoms with van der Waals surface area (Å²) in [6.07, 6.45) is 4.44. The normalized spacial score (nSPS) is 52.0. The van der Waals surface area contributed by atoms with Crippen molar-refractivity contribution in [1.82, 2.24) is 10.6 Å². The first-order chi connectivity index (χ1) is 5.93. The third kappa shape index (κ3) is 1.38. The van der Waals surface area contributed by atoms with Crippen LogP contribution in [0.2, 0.25) is 0 Å². The van der Waals surface area contributed by atoms with Crippen LogP contribution in [0.15, 0.2) is 0 Å². The van der Waals surface area contributed by atoms with Crippen molar-refractivity contribution >= 4 is 0 Å². The van der Waals surface area contributed by atoms with E-state index in [1.807, 2.05) is 0 Å². The van der Waals surface area contributed by atoms with Crippen LogP contribution in [0, 0.1) is 17.8 Å². The second-order valence-corrected chi connectivity index (χ2v) is 4.76. The van der Waals surface area contributed by atoms with Gasteiger partial charge in [0.1, 0.15) is 0 Å². The summed E-state index contributed by atoms with van der Waals surface area (Å²) in [6, 6.07) is 0.963. The van der Waals surface area contributed by atoms with E-state index in [1.54, 1.807) is 0 Å². The van der Waals surface area contributed by atoms with E-state index in [1.165, 1.54) is 38.9 Å². The van der Waals surface area contributed by atoms with Gasteiger partial charge in [-0.25, -0.2) is 0 Å². The van der Waals surface area contributed by atoms with Gasteiger partial charge in [0, 0.05) is 6.04 Å². The number of hydrogen-bond donors (Lipinski definition) is 2. The molecule has 0 amide bonds. The first-order valence-corrected chi connectivity index (χ1v) is 5.37. The largest absolute Gasteiger partial charge is 0.316 e. The van der Waals surface area contributed by atoms with E-state index in [4.69, 9.17) is 0 Å². The molecule has 0 radical (unpaired) electrons. The molecule has 2 saturated carbocycles. The van der Waals surface area contributed by atoms with Crippen molar-refractivity contribution in [2.45, 2.75) is 25.3 Å². The molecule has 2 saturated heterocycles. The molecule has 4 fully saturated rings. The Bertz CT molecular complexity index is 145. The van der Waals surface area contributed by atoms with Crippen molar-refractivity contribution in [3.8, 4) is 0 Å². The minimum Gasteiger partial charge on any atom is -0.316 e. The van der Waals surface area contributed by atoms with E-state index in [9.17, 15) is 0 Å². The van der Waals surface area contributed by atoms with E-state index >= 15 is 0 Å². The number of hydrogen-bond acceptors (Lipinski definition) is 2. The second-order valence-electron chi connectivity index (χ2n) is 4.76. The highest BCUT2D eigenvalue weighted by atomic mass is 15.0. The highest BCUT2D eigenvalue weighted by Crippen LogP contribution is 2.40. The van der Waals surface area contributed by atoms with Crippen LogP contribution in [0.3, 0.4) is 0 Å². The maximum Gasteiger partial charge on any atom is 0.00996 e. The fourth-order valence-corrected chi connectivity index (χ4v) is 2.54. The number of rotatable bonds is 0. The molecule has 2 nitrogen and oxygen atoms in total. The van der Waals surface area contributed by atoms with E-state index in [0.29, 0.717) is 0 Å². The summed E-state index contributed by atoms with van der Waals surface area (Å²) in [5.74, 6) is 3.31. The third-order valence-electron chi connectivity index (χ3n) is 3.73. The van der Waals surface area contributed by atoms with Crippen LogP contribution in [0.25, 0.3) is 0 Å². The van der Waals surface area contributed by atoms with E-state index in [2.05, 4.69) is 10.6 Å². The van der Waals surface area contributed by atoms with E-state index < -0.39 is 0 Å². The van der Waals surface area contributed by atoms with Gasteiger partial charge < -0.3 is 10.6 Å². The molecule has 2 heterocycles. The lowest BCUT2D eigenvalue weighted by atomic mass is 10.3. The Kier molecular flexibility index (Phi) is 1.66. The van der Waals surface area contributed by atoms with Gasteiger partial charge in [0.25, 0.3) is 0 Å². The topological polar surface area (TPSA) is 24.1 Å².